The molecule has 1 aromatic heterocycles. The van der Waals surface area contributed by atoms with Gasteiger partial charge in [0.1, 0.15) is 5.69 Å². The molecule has 0 unspecified atom stereocenters. The maximum atomic E-state index is 11.0. The molecular weight excluding hydrogens is 329 g/mol. The van der Waals surface area contributed by atoms with Crippen molar-refractivity contribution in [1.29, 1.82) is 0 Å². The van der Waals surface area contributed by atoms with Crippen LogP contribution in [0.2, 0.25) is 10.0 Å². The minimum atomic E-state index is -1.05. The summed E-state index contributed by atoms with van der Waals surface area (Å²) in [6.07, 6.45) is 1.53. The summed E-state index contributed by atoms with van der Waals surface area (Å²) >= 11 is 15.0. The molecule has 0 amide bonds. The number of carboxylic acids is 1. The first-order chi connectivity index (χ1) is 7.99. The lowest BCUT2D eigenvalue weighted by molar-refractivity contribution is 0.0688. The molecule has 2 rings (SSSR count). The molecule has 1 N–H and O–H groups in total. The van der Waals surface area contributed by atoms with Crippen molar-refractivity contribution in [3.8, 4) is 5.69 Å². The second kappa shape index (κ2) is 4.72. The Hall–Kier alpha value is -0.970. The van der Waals surface area contributed by atoms with Crippen LogP contribution >= 0.6 is 39.1 Å². The number of hydrogen-bond donors (Lipinski definition) is 1. The maximum absolute atomic E-state index is 11.0. The summed E-state index contributed by atoms with van der Waals surface area (Å²) in [5.74, 6) is -1.05. The molecule has 6 heteroatoms. The van der Waals surface area contributed by atoms with Crippen LogP contribution in [0, 0.1) is 0 Å². The van der Waals surface area contributed by atoms with Gasteiger partial charge in [-0.05, 0) is 40.2 Å². The van der Waals surface area contributed by atoms with E-state index in [-0.39, 0.29) is 5.69 Å². The van der Waals surface area contributed by atoms with Crippen LogP contribution in [0.3, 0.4) is 0 Å². The number of carboxylic acid groups (broad SMARTS) is 1. The van der Waals surface area contributed by atoms with Crippen molar-refractivity contribution in [3.63, 3.8) is 0 Å². The molecule has 0 saturated carbocycles. The normalized spacial score (nSPS) is 10.5. The van der Waals surface area contributed by atoms with Crippen molar-refractivity contribution >= 4 is 45.1 Å². The molecule has 2 aromatic rings. The molecule has 17 heavy (non-hydrogen) atoms. The zero-order chi connectivity index (χ0) is 12.6. The van der Waals surface area contributed by atoms with Crippen LogP contribution in [0.1, 0.15) is 10.5 Å². The minimum absolute atomic E-state index is 0.0911. The molecule has 1 aromatic carbocycles. The fourth-order valence-corrected chi connectivity index (χ4v) is 2.07. The third kappa shape index (κ3) is 2.49. The molecule has 0 aliphatic rings. The fraction of sp³-hybridized carbons (Fsp3) is 0. The van der Waals surface area contributed by atoms with Crippen LogP contribution in [0.25, 0.3) is 5.69 Å². The highest BCUT2D eigenvalue weighted by Crippen LogP contribution is 2.27. The van der Waals surface area contributed by atoms with Crippen LogP contribution in [0.15, 0.2) is 34.9 Å². The summed E-state index contributed by atoms with van der Waals surface area (Å²) in [6.45, 7) is 0. The number of halogens is 3. The van der Waals surface area contributed by atoms with E-state index >= 15 is 0 Å². The Balaban J connectivity index is 2.59. The number of hydrogen-bond acceptors (Lipinski definition) is 1. The first-order valence-corrected chi connectivity index (χ1v) is 6.10. The van der Waals surface area contributed by atoms with Crippen LogP contribution < -0.4 is 0 Å². The molecule has 0 bridgehead atoms. The highest BCUT2D eigenvalue weighted by molar-refractivity contribution is 9.10. The van der Waals surface area contributed by atoms with E-state index in [9.17, 15) is 4.79 Å². The van der Waals surface area contributed by atoms with Gasteiger partial charge in [0.05, 0.1) is 10.0 Å². The van der Waals surface area contributed by atoms with Gasteiger partial charge in [0, 0.05) is 16.4 Å². The molecule has 88 valence electrons. The molecule has 3 nitrogen and oxygen atoms in total. The van der Waals surface area contributed by atoms with E-state index in [0.29, 0.717) is 15.7 Å². The average Bonchev–Trinajstić information content (AvgIpc) is 2.64. The quantitative estimate of drug-likeness (QED) is 0.892. The number of benzene rings is 1. The van der Waals surface area contributed by atoms with Gasteiger partial charge in [-0.15, -0.1) is 0 Å². The SMILES string of the molecule is O=C(O)c1cc(Cl)cn1-c1ccc(Br)c(Cl)c1. The van der Waals surface area contributed by atoms with Gasteiger partial charge < -0.3 is 9.67 Å². The lowest BCUT2D eigenvalue weighted by Gasteiger charge is -2.07. The van der Waals surface area contributed by atoms with Crippen LogP contribution in [-0.4, -0.2) is 15.6 Å². The van der Waals surface area contributed by atoms with Crippen molar-refractivity contribution in [2.75, 3.05) is 0 Å². The second-order valence-corrected chi connectivity index (χ2v) is 5.02. The number of carbonyl (C=O) groups is 1. The molecule has 0 aliphatic heterocycles. The summed E-state index contributed by atoms with van der Waals surface area (Å²) in [5.41, 5.74) is 0.732. The van der Waals surface area contributed by atoms with Gasteiger partial charge in [-0.1, -0.05) is 23.2 Å². The van der Waals surface area contributed by atoms with Crippen LogP contribution in [0.4, 0.5) is 0 Å². The van der Waals surface area contributed by atoms with Crippen molar-refractivity contribution in [2.45, 2.75) is 0 Å². The van der Waals surface area contributed by atoms with Crippen LogP contribution in [0.5, 0.6) is 0 Å². The molecule has 0 atom stereocenters. The van der Waals surface area contributed by atoms with Gasteiger partial charge in [-0.3, -0.25) is 0 Å². The second-order valence-electron chi connectivity index (χ2n) is 3.32. The van der Waals surface area contributed by atoms with Crippen LogP contribution in [-0.2, 0) is 0 Å². The van der Waals surface area contributed by atoms with Gasteiger partial charge in [0.25, 0.3) is 0 Å². The molecule has 0 spiro atoms. The highest BCUT2D eigenvalue weighted by atomic mass is 79.9. The lowest BCUT2D eigenvalue weighted by Crippen LogP contribution is -2.05. The van der Waals surface area contributed by atoms with Crippen molar-refractivity contribution in [1.82, 2.24) is 4.57 Å². The topological polar surface area (TPSA) is 42.2 Å². The zero-order valence-corrected chi connectivity index (χ0v) is 11.4. The molecule has 1 heterocycles. The summed E-state index contributed by atoms with van der Waals surface area (Å²) in [6, 6.07) is 6.55. The Morgan fingerprint density at radius 1 is 1.29 bits per heavy atom. The third-order valence-electron chi connectivity index (χ3n) is 2.19. The van der Waals surface area contributed by atoms with E-state index in [1.54, 1.807) is 18.2 Å². The Kier molecular flexibility index (Phi) is 3.47. The monoisotopic (exact) mass is 333 g/mol. The Labute approximate surface area is 116 Å². The number of nitrogens with zero attached hydrogens (tertiary/aromatic N) is 1. The predicted molar refractivity (Wildman–Crippen MR) is 70.4 cm³/mol. The molecule has 0 saturated heterocycles. The minimum Gasteiger partial charge on any atom is -0.477 e. The molecular formula is C11H6BrCl2NO2. The maximum Gasteiger partial charge on any atom is 0.352 e. The van der Waals surface area contributed by atoms with Crippen molar-refractivity contribution in [2.24, 2.45) is 0 Å². The van der Waals surface area contributed by atoms with E-state index in [1.165, 1.54) is 16.8 Å². The average molecular weight is 335 g/mol. The first kappa shape index (κ1) is 12.5. The zero-order valence-electron chi connectivity index (χ0n) is 8.32. The van der Waals surface area contributed by atoms with E-state index in [0.717, 1.165) is 4.47 Å². The van der Waals surface area contributed by atoms with E-state index < -0.39 is 5.97 Å². The largest absolute Gasteiger partial charge is 0.477 e. The highest BCUT2D eigenvalue weighted by Gasteiger charge is 2.13. The molecule has 0 aliphatic carbocycles. The van der Waals surface area contributed by atoms with Gasteiger partial charge in [0.15, 0.2) is 0 Å². The lowest BCUT2D eigenvalue weighted by atomic mass is 10.3. The number of aromatic nitrogens is 1. The number of rotatable bonds is 2. The Morgan fingerprint density at radius 2 is 2.00 bits per heavy atom. The summed E-state index contributed by atoms with van der Waals surface area (Å²) in [4.78, 5) is 11.0. The van der Waals surface area contributed by atoms with E-state index in [2.05, 4.69) is 15.9 Å². The Morgan fingerprint density at radius 3 is 2.59 bits per heavy atom. The van der Waals surface area contributed by atoms with Gasteiger partial charge in [-0.25, -0.2) is 4.79 Å². The standard InChI is InChI=1S/C11H6BrCl2NO2/c12-8-2-1-7(4-9(8)14)15-5-6(13)3-10(15)11(16)17/h1-5H,(H,16,17). The third-order valence-corrected chi connectivity index (χ3v) is 3.63. The van der Waals surface area contributed by atoms with E-state index in [4.69, 9.17) is 28.3 Å². The Bertz CT molecular complexity index is 595. The summed E-state index contributed by atoms with van der Waals surface area (Å²) in [7, 11) is 0. The molecule has 0 fully saturated rings. The van der Waals surface area contributed by atoms with E-state index in [1.807, 2.05) is 0 Å². The molecule has 0 radical (unpaired) electrons. The predicted octanol–water partition coefficient (Wildman–Crippen LogP) is 4.24. The fourth-order valence-electron chi connectivity index (χ4n) is 1.44. The van der Waals surface area contributed by atoms with Gasteiger partial charge >= 0.3 is 5.97 Å². The van der Waals surface area contributed by atoms with Gasteiger partial charge in [0.2, 0.25) is 0 Å². The van der Waals surface area contributed by atoms with Crippen molar-refractivity contribution < 1.29 is 9.90 Å². The summed E-state index contributed by atoms with van der Waals surface area (Å²) in [5, 5.41) is 9.91. The number of aromatic carboxylic acids is 1. The first-order valence-electron chi connectivity index (χ1n) is 4.55. The van der Waals surface area contributed by atoms with Gasteiger partial charge in [-0.2, -0.15) is 0 Å². The smallest absolute Gasteiger partial charge is 0.352 e. The summed E-state index contributed by atoms with van der Waals surface area (Å²) < 4.78 is 2.22. The van der Waals surface area contributed by atoms with Crippen molar-refractivity contribution in [3.05, 3.63) is 50.7 Å².